The molecule has 0 aromatic rings. The van der Waals surface area contributed by atoms with Gasteiger partial charge in [0, 0.05) is 6.42 Å². The highest BCUT2D eigenvalue weighted by Gasteiger charge is 2.41. The van der Waals surface area contributed by atoms with Crippen molar-refractivity contribution in [3.05, 3.63) is 12.3 Å². The third-order valence-electron chi connectivity index (χ3n) is 5.33. The molecule has 0 unspecified atom stereocenters. The van der Waals surface area contributed by atoms with Crippen LogP contribution >= 0.6 is 0 Å². The van der Waals surface area contributed by atoms with Gasteiger partial charge in [-0.3, -0.25) is 0 Å². The van der Waals surface area contributed by atoms with Gasteiger partial charge in [0.15, 0.2) is 0 Å². The fraction of sp³-hybridized carbons (Fsp3) is 0.810. The van der Waals surface area contributed by atoms with Crippen LogP contribution in [0.25, 0.3) is 0 Å². The number of ether oxygens (including phenoxy) is 2. The molecule has 3 heteroatoms. The second-order valence-electron chi connectivity index (χ2n) is 8.50. The van der Waals surface area contributed by atoms with Crippen molar-refractivity contribution in [1.29, 1.82) is 0 Å². The Morgan fingerprint density at radius 2 is 1.62 bits per heavy atom. The first-order chi connectivity index (χ1) is 11.2. The predicted molar refractivity (Wildman–Crippen MR) is 107 cm³/mol. The van der Waals surface area contributed by atoms with Gasteiger partial charge in [0.05, 0.1) is 12.4 Å². The van der Waals surface area contributed by atoms with E-state index in [1.807, 2.05) is 12.3 Å². The molecule has 0 aromatic carbocycles. The molecule has 138 valence electrons. The fourth-order valence-corrected chi connectivity index (χ4v) is 9.45. The topological polar surface area (TPSA) is 18.5 Å². The standard InChI is InChI=1S/C21H38O2Si/c1-16(2)14-21-15-20(10-12-23-21)22-11-9-13-24(17(3)4,18(5)6)19(7)8/h10,12,16-21H,11,14-15H2,1-8H3/t20-,21-/m1/s1. The van der Waals surface area contributed by atoms with Crippen LogP contribution < -0.4 is 0 Å². The summed E-state index contributed by atoms with van der Waals surface area (Å²) in [6.07, 6.45) is 6.28. The largest absolute Gasteiger partial charge is 0.498 e. The predicted octanol–water partition coefficient (Wildman–Crippen LogP) is 5.94. The quantitative estimate of drug-likeness (QED) is 0.418. The molecule has 2 nitrogen and oxygen atoms in total. The van der Waals surface area contributed by atoms with Gasteiger partial charge in [0.1, 0.15) is 20.8 Å². The highest BCUT2D eigenvalue weighted by molar-refractivity contribution is 6.90. The van der Waals surface area contributed by atoms with Crippen LogP contribution in [0.15, 0.2) is 12.3 Å². The third-order valence-corrected chi connectivity index (χ3v) is 11.7. The van der Waals surface area contributed by atoms with E-state index in [1.54, 1.807) is 0 Å². The number of rotatable bonds is 7. The first-order valence-electron chi connectivity index (χ1n) is 9.63. The second kappa shape index (κ2) is 9.68. The molecule has 0 saturated heterocycles. The Labute approximate surface area is 151 Å². The minimum Gasteiger partial charge on any atom is -0.498 e. The van der Waals surface area contributed by atoms with Gasteiger partial charge in [0.2, 0.25) is 0 Å². The smallest absolute Gasteiger partial charge is 0.146 e. The van der Waals surface area contributed by atoms with Crippen molar-refractivity contribution in [2.45, 2.75) is 97.1 Å². The normalized spacial score (nSPS) is 21.3. The molecule has 0 aromatic heterocycles. The molecule has 1 heterocycles. The molecule has 0 radical (unpaired) electrons. The van der Waals surface area contributed by atoms with Gasteiger partial charge >= 0.3 is 0 Å². The summed E-state index contributed by atoms with van der Waals surface area (Å²) in [4.78, 5) is 0. The van der Waals surface area contributed by atoms with Gasteiger partial charge in [-0.05, 0) is 35.0 Å². The average Bonchev–Trinajstić information content (AvgIpc) is 2.45. The molecule has 2 atom stereocenters. The van der Waals surface area contributed by atoms with Crippen LogP contribution in [0, 0.1) is 17.4 Å². The second-order valence-corrected chi connectivity index (χ2v) is 14.1. The zero-order valence-electron chi connectivity index (χ0n) is 17.1. The number of hydrogen-bond donors (Lipinski definition) is 0. The lowest BCUT2D eigenvalue weighted by Gasteiger charge is -2.38. The van der Waals surface area contributed by atoms with Gasteiger partial charge < -0.3 is 9.47 Å². The van der Waals surface area contributed by atoms with Gasteiger partial charge in [-0.15, -0.1) is 5.54 Å². The Hall–Kier alpha value is -0.723. The molecule has 1 aliphatic heterocycles. The Morgan fingerprint density at radius 1 is 1.04 bits per heavy atom. The van der Waals surface area contributed by atoms with E-state index in [1.165, 1.54) is 0 Å². The van der Waals surface area contributed by atoms with Gasteiger partial charge in [-0.1, -0.05) is 61.3 Å². The molecule has 24 heavy (non-hydrogen) atoms. The van der Waals surface area contributed by atoms with E-state index in [2.05, 4.69) is 66.9 Å². The lowest BCUT2D eigenvalue weighted by Crippen LogP contribution is -2.43. The van der Waals surface area contributed by atoms with Crippen molar-refractivity contribution in [1.82, 2.24) is 0 Å². The summed E-state index contributed by atoms with van der Waals surface area (Å²) in [5, 5.41) is 0. The lowest BCUT2D eigenvalue weighted by atomic mass is 10.00. The molecule has 0 N–H and O–H groups in total. The summed E-state index contributed by atoms with van der Waals surface area (Å²) in [6, 6.07) is 0. The molecule has 0 amide bonds. The minimum absolute atomic E-state index is 0.144. The van der Waals surface area contributed by atoms with E-state index in [4.69, 9.17) is 9.47 Å². The summed E-state index contributed by atoms with van der Waals surface area (Å²) in [5.41, 5.74) is 5.73. The Morgan fingerprint density at radius 3 is 2.12 bits per heavy atom. The monoisotopic (exact) mass is 350 g/mol. The molecular formula is C21H38O2Si. The molecule has 0 saturated carbocycles. The molecule has 0 fully saturated rings. The van der Waals surface area contributed by atoms with Crippen molar-refractivity contribution in [2.75, 3.05) is 6.61 Å². The van der Waals surface area contributed by atoms with Crippen molar-refractivity contribution in [2.24, 2.45) is 5.92 Å². The summed E-state index contributed by atoms with van der Waals surface area (Å²) < 4.78 is 11.7. The molecule has 0 aliphatic carbocycles. The zero-order chi connectivity index (χ0) is 18.3. The SMILES string of the molecule is CC(C)C[C@@H]1C[C@H](OCC#C[Si](C(C)C)(C(C)C)C(C)C)C=CO1. The third kappa shape index (κ3) is 5.67. The van der Waals surface area contributed by atoms with Gasteiger partial charge in [-0.2, -0.15) is 0 Å². The van der Waals surface area contributed by atoms with Crippen LogP contribution in [-0.2, 0) is 9.47 Å². The Bertz CT molecular complexity index is 432. The van der Waals surface area contributed by atoms with Crippen molar-refractivity contribution in [3.63, 3.8) is 0 Å². The van der Waals surface area contributed by atoms with Crippen LogP contribution in [0.1, 0.15) is 68.2 Å². The maximum absolute atomic E-state index is 6.01. The Kier molecular flexibility index (Phi) is 8.60. The summed E-state index contributed by atoms with van der Waals surface area (Å²) in [5.74, 6) is 4.04. The molecule has 0 spiro atoms. The average molecular weight is 351 g/mol. The molecule has 0 bridgehead atoms. The fourth-order valence-electron chi connectivity index (χ4n) is 4.21. The van der Waals surface area contributed by atoms with Crippen molar-refractivity contribution < 1.29 is 9.47 Å². The van der Waals surface area contributed by atoms with Crippen LogP contribution in [0.4, 0.5) is 0 Å². The first-order valence-corrected chi connectivity index (χ1v) is 11.9. The van der Waals surface area contributed by atoms with E-state index >= 15 is 0 Å². The maximum Gasteiger partial charge on any atom is 0.146 e. The van der Waals surface area contributed by atoms with E-state index < -0.39 is 8.07 Å². The van der Waals surface area contributed by atoms with Gasteiger partial charge in [0.25, 0.3) is 0 Å². The Balaban J connectivity index is 2.64. The molecule has 1 aliphatic rings. The van der Waals surface area contributed by atoms with Crippen LogP contribution in [0.5, 0.6) is 0 Å². The molecule has 1 rings (SSSR count). The van der Waals surface area contributed by atoms with Crippen LogP contribution in [-0.4, -0.2) is 26.9 Å². The summed E-state index contributed by atoms with van der Waals surface area (Å²) in [7, 11) is -1.63. The first kappa shape index (κ1) is 21.3. The maximum atomic E-state index is 6.01. The zero-order valence-corrected chi connectivity index (χ0v) is 18.1. The lowest BCUT2D eigenvalue weighted by molar-refractivity contribution is 0.0202. The molecular weight excluding hydrogens is 312 g/mol. The van der Waals surface area contributed by atoms with Crippen LogP contribution in [0.3, 0.4) is 0 Å². The van der Waals surface area contributed by atoms with Crippen molar-refractivity contribution >= 4 is 8.07 Å². The van der Waals surface area contributed by atoms with E-state index in [0.29, 0.717) is 29.1 Å². The highest BCUT2D eigenvalue weighted by atomic mass is 28.3. The van der Waals surface area contributed by atoms with Crippen LogP contribution in [0.2, 0.25) is 16.6 Å². The van der Waals surface area contributed by atoms with Gasteiger partial charge in [-0.25, -0.2) is 0 Å². The summed E-state index contributed by atoms with van der Waals surface area (Å²) in [6.45, 7) is 19.1. The van der Waals surface area contributed by atoms with E-state index in [9.17, 15) is 0 Å². The van der Waals surface area contributed by atoms with Crippen molar-refractivity contribution in [3.8, 4) is 11.5 Å². The minimum atomic E-state index is -1.63. The van der Waals surface area contributed by atoms with E-state index in [0.717, 1.165) is 12.8 Å². The summed E-state index contributed by atoms with van der Waals surface area (Å²) >= 11 is 0. The highest BCUT2D eigenvalue weighted by Crippen LogP contribution is 2.40. The van der Waals surface area contributed by atoms with E-state index in [-0.39, 0.29) is 12.2 Å². The number of hydrogen-bond acceptors (Lipinski definition) is 2.